The summed E-state index contributed by atoms with van der Waals surface area (Å²) in [5.41, 5.74) is 1.91. The smallest absolute Gasteiger partial charge is 0.256 e. The van der Waals surface area contributed by atoms with Crippen molar-refractivity contribution in [3.63, 3.8) is 0 Å². The van der Waals surface area contributed by atoms with Crippen molar-refractivity contribution in [1.82, 2.24) is 25.1 Å². The van der Waals surface area contributed by atoms with Crippen LogP contribution in [0.4, 0.5) is 0 Å². The summed E-state index contributed by atoms with van der Waals surface area (Å²) in [6.45, 7) is 1.16. The van der Waals surface area contributed by atoms with Gasteiger partial charge in [0, 0.05) is 25.5 Å². The minimum atomic E-state index is -0.0601. The number of hydrogen-bond acceptors (Lipinski definition) is 4. The van der Waals surface area contributed by atoms with E-state index in [1.807, 2.05) is 17.2 Å². The van der Waals surface area contributed by atoms with Gasteiger partial charge in [0.05, 0.1) is 11.6 Å². The minimum absolute atomic E-state index is 0.0601. The number of ether oxygens (including phenoxy) is 1. The predicted octanol–water partition coefficient (Wildman–Crippen LogP) is 2.52. The first-order chi connectivity index (χ1) is 11.8. The Morgan fingerprint density at radius 1 is 1.38 bits per heavy atom. The van der Waals surface area contributed by atoms with Gasteiger partial charge < -0.3 is 14.6 Å². The molecule has 0 radical (unpaired) electrons. The van der Waals surface area contributed by atoms with Crippen LogP contribution < -0.4 is 0 Å². The van der Waals surface area contributed by atoms with E-state index < -0.39 is 0 Å². The molecule has 1 aliphatic heterocycles. The van der Waals surface area contributed by atoms with E-state index in [0.29, 0.717) is 24.2 Å². The molecule has 4 rings (SSSR count). The molecule has 24 heavy (non-hydrogen) atoms. The number of aromatic nitrogens is 4. The van der Waals surface area contributed by atoms with Gasteiger partial charge >= 0.3 is 0 Å². The van der Waals surface area contributed by atoms with Crippen LogP contribution in [0.3, 0.4) is 0 Å². The molecule has 2 aromatic heterocycles. The van der Waals surface area contributed by atoms with Crippen LogP contribution in [0, 0.1) is 0 Å². The molecule has 0 aromatic carbocycles. The average Bonchev–Trinajstić information content (AvgIpc) is 3.15. The summed E-state index contributed by atoms with van der Waals surface area (Å²) in [6, 6.07) is 1.85. The molecule has 0 bridgehead atoms. The lowest BCUT2D eigenvalue weighted by Crippen LogP contribution is -2.39. The monoisotopic (exact) mass is 329 g/mol. The molecule has 0 spiro atoms. The number of nitrogens with zero attached hydrogens (tertiary/aromatic N) is 3. The number of methoxy groups -OCH3 is 1. The van der Waals surface area contributed by atoms with E-state index in [9.17, 15) is 4.79 Å². The summed E-state index contributed by atoms with van der Waals surface area (Å²) in [7, 11) is 1.63. The van der Waals surface area contributed by atoms with Crippen LogP contribution >= 0.6 is 0 Å². The highest BCUT2D eigenvalue weighted by Crippen LogP contribution is 2.41. The molecule has 2 fully saturated rings. The quantitative estimate of drug-likeness (QED) is 0.882. The van der Waals surface area contributed by atoms with Crippen molar-refractivity contribution in [2.75, 3.05) is 13.7 Å². The lowest BCUT2D eigenvalue weighted by atomic mass is 10.00. The molecule has 1 amide bonds. The molecule has 1 saturated heterocycles. The van der Waals surface area contributed by atoms with E-state index in [1.165, 1.54) is 12.8 Å². The van der Waals surface area contributed by atoms with E-state index in [2.05, 4.69) is 20.2 Å². The number of hydrogen-bond donors (Lipinski definition) is 2. The van der Waals surface area contributed by atoms with Gasteiger partial charge in [0.1, 0.15) is 6.61 Å². The van der Waals surface area contributed by atoms with Crippen LogP contribution in [0.15, 0.2) is 12.3 Å². The van der Waals surface area contributed by atoms with Crippen LogP contribution in [0.2, 0.25) is 0 Å². The molecule has 0 unspecified atom stereocenters. The number of H-pyrrole nitrogens is 2. The fourth-order valence-electron chi connectivity index (χ4n) is 3.54. The second-order valence-corrected chi connectivity index (χ2v) is 6.66. The number of amides is 1. The normalized spacial score (nSPS) is 21.2. The standard InChI is InChI=1S/C17H23N5O2/c1-24-10-14-19-16(21-20-14)13-4-2-3-9-22(13)17(23)12-7-8-18-15(12)11-5-6-11/h7-8,11,13,18H,2-6,9-10H2,1H3,(H,19,20,21)/t13-/m0/s1. The summed E-state index contributed by atoms with van der Waals surface area (Å²) in [4.78, 5) is 22.9. The number of carbonyl (C=O) groups excluding carboxylic acids is 1. The summed E-state index contributed by atoms with van der Waals surface area (Å²) < 4.78 is 5.09. The molecular formula is C17H23N5O2. The molecular weight excluding hydrogens is 306 g/mol. The maximum absolute atomic E-state index is 13.1. The summed E-state index contributed by atoms with van der Waals surface area (Å²) in [5.74, 6) is 2.02. The Kier molecular flexibility index (Phi) is 4.10. The van der Waals surface area contributed by atoms with Gasteiger partial charge in [0.15, 0.2) is 11.6 Å². The molecule has 2 N–H and O–H groups in total. The Morgan fingerprint density at radius 2 is 2.25 bits per heavy atom. The largest absolute Gasteiger partial charge is 0.377 e. The van der Waals surface area contributed by atoms with Crippen LogP contribution in [0.25, 0.3) is 0 Å². The summed E-state index contributed by atoms with van der Waals surface area (Å²) >= 11 is 0. The van der Waals surface area contributed by atoms with Crippen LogP contribution in [-0.2, 0) is 11.3 Å². The van der Waals surface area contributed by atoms with Crippen molar-refractivity contribution < 1.29 is 9.53 Å². The maximum atomic E-state index is 13.1. The topological polar surface area (TPSA) is 86.9 Å². The van der Waals surface area contributed by atoms with Crippen LogP contribution in [0.1, 0.15) is 71.8 Å². The second-order valence-electron chi connectivity index (χ2n) is 6.66. The zero-order chi connectivity index (χ0) is 16.5. The number of nitrogens with one attached hydrogen (secondary N) is 2. The third kappa shape index (κ3) is 2.84. The molecule has 2 aliphatic rings. The third-order valence-corrected chi connectivity index (χ3v) is 4.89. The lowest BCUT2D eigenvalue weighted by Gasteiger charge is -2.34. The SMILES string of the molecule is COCc1nc([C@@H]2CCCCN2C(=O)c2cc[nH]c2C2CC2)n[nH]1. The zero-order valence-electron chi connectivity index (χ0n) is 13.9. The number of piperidine rings is 1. The Hall–Kier alpha value is -2.15. The van der Waals surface area contributed by atoms with Crippen LogP contribution in [-0.4, -0.2) is 44.6 Å². The van der Waals surface area contributed by atoms with Crippen molar-refractivity contribution in [3.8, 4) is 0 Å². The highest BCUT2D eigenvalue weighted by molar-refractivity contribution is 5.96. The zero-order valence-corrected chi connectivity index (χ0v) is 13.9. The van der Waals surface area contributed by atoms with Crippen molar-refractivity contribution in [2.45, 2.75) is 50.7 Å². The first kappa shape index (κ1) is 15.4. The lowest BCUT2D eigenvalue weighted by molar-refractivity contribution is 0.0599. The van der Waals surface area contributed by atoms with Crippen molar-refractivity contribution >= 4 is 5.91 Å². The molecule has 1 atom stereocenters. The number of likely N-dealkylation sites (tertiary alicyclic amines) is 1. The third-order valence-electron chi connectivity index (χ3n) is 4.89. The first-order valence-corrected chi connectivity index (χ1v) is 8.66. The van der Waals surface area contributed by atoms with Gasteiger partial charge in [-0.3, -0.25) is 9.89 Å². The van der Waals surface area contributed by atoms with Gasteiger partial charge in [-0.1, -0.05) is 0 Å². The average molecular weight is 329 g/mol. The Labute approximate surface area is 140 Å². The predicted molar refractivity (Wildman–Crippen MR) is 87.5 cm³/mol. The van der Waals surface area contributed by atoms with Crippen molar-refractivity contribution in [1.29, 1.82) is 0 Å². The number of carbonyl (C=O) groups is 1. The maximum Gasteiger partial charge on any atom is 0.256 e. The van der Waals surface area contributed by atoms with Gasteiger partial charge in [-0.15, -0.1) is 0 Å². The highest BCUT2D eigenvalue weighted by Gasteiger charge is 2.35. The number of aromatic amines is 2. The Morgan fingerprint density at radius 3 is 3.04 bits per heavy atom. The molecule has 1 aliphatic carbocycles. The highest BCUT2D eigenvalue weighted by atomic mass is 16.5. The van der Waals surface area contributed by atoms with E-state index in [4.69, 9.17) is 4.74 Å². The molecule has 3 heterocycles. The fraction of sp³-hybridized carbons (Fsp3) is 0.588. The second kappa shape index (κ2) is 6.39. The molecule has 128 valence electrons. The van der Waals surface area contributed by atoms with Gasteiger partial charge in [0.2, 0.25) is 0 Å². The van der Waals surface area contributed by atoms with Crippen molar-refractivity contribution in [3.05, 3.63) is 35.2 Å². The van der Waals surface area contributed by atoms with E-state index >= 15 is 0 Å². The summed E-state index contributed by atoms with van der Waals surface area (Å²) in [6.07, 6.45) is 7.24. The van der Waals surface area contributed by atoms with Gasteiger partial charge in [0.25, 0.3) is 5.91 Å². The van der Waals surface area contributed by atoms with Crippen LogP contribution in [0.5, 0.6) is 0 Å². The van der Waals surface area contributed by atoms with Gasteiger partial charge in [-0.05, 0) is 44.1 Å². The fourth-order valence-corrected chi connectivity index (χ4v) is 3.54. The van der Waals surface area contributed by atoms with E-state index in [-0.39, 0.29) is 11.9 Å². The molecule has 2 aromatic rings. The van der Waals surface area contributed by atoms with Crippen molar-refractivity contribution in [2.24, 2.45) is 0 Å². The Balaban J connectivity index is 1.58. The van der Waals surface area contributed by atoms with E-state index in [1.54, 1.807) is 7.11 Å². The Bertz CT molecular complexity index is 718. The molecule has 1 saturated carbocycles. The number of rotatable bonds is 5. The first-order valence-electron chi connectivity index (χ1n) is 8.66. The molecule has 7 heteroatoms. The minimum Gasteiger partial charge on any atom is -0.377 e. The van der Waals surface area contributed by atoms with Gasteiger partial charge in [-0.25, -0.2) is 4.98 Å². The van der Waals surface area contributed by atoms with E-state index in [0.717, 1.165) is 37.1 Å². The molecule has 7 nitrogen and oxygen atoms in total. The van der Waals surface area contributed by atoms with Gasteiger partial charge in [-0.2, -0.15) is 5.10 Å². The summed E-state index contributed by atoms with van der Waals surface area (Å²) in [5, 5.41) is 7.23.